The van der Waals surface area contributed by atoms with Crippen molar-refractivity contribution in [2.45, 2.75) is 32.7 Å². The molecular weight excluding hydrogens is 358 g/mol. The predicted octanol–water partition coefficient (Wildman–Crippen LogP) is 0.180. The Morgan fingerprint density at radius 3 is 2.62 bits per heavy atom. The van der Waals surface area contributed by atoms with Crippen LogP contribution in [-0.2, 0) is 14.8 Å². The largest absolute Gasteiger partial charge is 0.348 e. The molecule has 1 amide bonds. The lowest BCUT2D eigenvalue weighted by atomic mass is 9.97. The van der Waals surface area contributed by atoms with Gasteiger partial charge in [-0.1, -0.05) is 0 Å². The summed E-state index contributed by atoms with van der Waals surface area (Å²) < 4.78 is 25.8. The number of aryl methyl sites for hydroxylation is 1. The molecule has 2 N–H and O–H groups in total. The Kier molecular flexibility index (Phi) is 4.89. The Bertz CT molecular complexity index is 986. The van der Waals surface area contributed by atoms with Crippen LogP contribution in [-0.4, -0.2) is 52.6 Å². The molecule has 0 unspecified atom stereocenters. The molecule has 142 valence electrons. The van der Waals surface area contributed by atoms with Crippen LogP contribution in [0.25, 0.3) is 5.65 Å². The second kappa shape index (κ2) is 6.84. The van der Waals surface area contributed by atoms with E-state index in [0.717, 1.165) is 5.69 Å². The molecule has 3 rings (SSSR count). The number of H-pyrrole nitrogens is 1. The SMILES string of the molecule is Cc1cc2nc([C@H](C)NC(=O)C3CCN(S(C)(=O)=O)CC3)cc(=O)n2[nH]1. The standard InChI is InChI=1S/C16H23N5O4S/c1-10-8-14-18-13(9-15(22)21(14)19-10)11(2)17-16(23)12-4-6-20(7-5-12)26(3,24)25/h8-9,11-12,19H,4-7H2,1-3H3,(H,17,23)/t11-/m0/s1. The third-order valence-electron chi connectivity index (χ3n) is 4.69. The molecule has 1 aliphatic rings. The molecule has 10 heteroatoms. The van der Waals surface area contributed by atoms with E-state index < -0.39 is 16.1 Å². The molecule has 0 aliphatic carbocycles. The molecule has 3 heterocycles. The van der Waals surface area contributed by atoms with Gasteiger partial charge in [0.1, 0.15) is 0 Å². The van der Waals surface area contributed by atoms with E-state index in [9.17, 15) is 18.0 Å². The highest BCUT2D eigenvalue weighted by Gasteiger charge is 2.29. The van der Waals surface area contributed by atoms with E-state index in [-0.39, 0.29) is 17.4 Å². The smallest absolute Gasteiger partial charge is 0.272 e. The van der Waals surface area contributed by atoms with Gasteiger partial charge in [-0.05, 0) is 26.7 Å². The molecule has 1 fully saturated rings. The number of sulfonamides is 1. The fourth-order valence-electron chi connectivity index (χ4n) is 3.21. The summed E-state index contributed by atoms with van der Waals surface area (Å²) in [5.74, 6) is -0.382. The molecule has 0 radical (unpaired) electrons. The van der Waals surface area contributed by atoms with Crippen LogP contribution >= 0.6 is 0 Å². The Balaban J connectivity index is 1.67. The lowest BCUT2D eigenvalue weighted by Gasteiger charge is -2.30. The fourth-order valence-corrected chi connectivity index (χ4v) is 4.08. The van der Waals surface area contributed by atoms with E-state index in [1.807, 2.05) is 6.92 Å². The summed E-state index contributed by atoms with van der Waals surface area (Å²) in [5, 5.41) is 5.79. The van der Waals surface area contributed by atoms with Gasteiger partial charge in [0, 0.05) is 36.8 Å². The highest BCUT2D eigenvalue weighted by atomic mass is 32.2. The second-order valence-electron chi connectivity index (χ2n) is 6.82. The van der Waals surface area contributed by atoms with Crippen molar-refractivity contribution < 1.29 is 13.2 Å². The zero-order chi connectivity index (χ0) is 19.1. The first-order valence-corrected chi connectivity index (χ1v) is 10.3. The Labute approximate surface area is 151 Å². The molecule has 0 bridgehead atoms. The van der Waals surface area contributed by atoms with Gasteiger partial charge in [-0.15, -0.1) is 0 Å². The van der Waals surface area contributed by atoms with Crippen LogP contribution in [0, 0.1) is 12.8 Å². The number of piperidine rings is 1. The summed E-state index contributed by atoms with van der Waals surface area (Å²) in [6, 6.07) is 2.75. The summed E-state index contributed by atoms with van der Waals surface area (Å²) in [5.41, 5.74) is 1.59. The highest BCUT2D eigenvalue weighted by molar-refractivity contribution is 7.88. The van der Waals surface area contributed by atoms with Gasteiger partial charge in [-0.2, -0.15) is 0 Å². The minimum absolute atomic E-state index is 0.141. The van der Waals surface area contributed by atoms with Crippen molar-refractivity contribution in [1.29, 1.82) is 0 Å². The average molecular weight is 381 g/mol. The number of carbonyl (C=O) groups excluding carboxylic acids is 1. The maximum absolute atomic E-state index is 12.5. The third kappa shape index (κ3) is 3.80. The lowest BCUT2D eigenvalue weighted by Crippen LogP contribution is -2.43. The quantitative estimate of drug-likeness (QED) is 0.784. The van der Waals surface area contributed by atoms with E-state index in [1.165, 1.54) is 21.1 Å². The average Bonchev–Trinajstić information content (AvgIpc) is 2.95. The zero-order valence-electron chi connectivity index (χ0n) is 15.0. The Hall–Kier alpha value is -2.20. The number of aromatic nitrogens is 3. The normalized spacial score (nSPS) is 18.1. The van der Waals surface area contributed by atoms with Gasteiger partial charge >= 0.3 is 0 Å². The lowest BCUT2D eigenvalue weighted by molar-refractivity contribution is -0.126. The van der Waals surface area contributed by atoms with Crippen LogP contribution in [0.5, 0.6) is 0 Å². The number of hydrogen-bond acceptors (Lipinski definition) is 5. The van der Waals surface area contributed by atoms with Gasteiger partial charge in [-0.3, -0.25) is 14.7 Å². The first kappa shape index (κ1) is 18.6. The number of amides is 1. The van der Waals surface area contributed by atoms with Crippen LogP contribution in [0.4, 0.5) is 0 Å². The number of aromatic amines is 1. The number of rotatable bonds is 4. The number of carbonyl (C=O) groups is 1. The first-order chi connectivity index (χ1) is 12.1. The van der Waals surface area contributed by atoms with Gasteiger partial charge in [0.15, 0.2) is 5.65 Å². The van der Waals surface area contributed by atoms with Crippen molar-refractivity contribution in [1.82, 2.24) is 24.2 Å². The van der Waals surface area contributed by atoms with E-state index in [1.54, 1.807) is 13.0 Å². The van der Waals surface area contributed by atoms with E-state index in [2.05, 4.69) is 15.4 Å². The van der Waals surface area contributed by atoms with Crippen LogP contribution < -0.4 is 10.9 Å². The summed E-state index contributed by atoms with van der Waals surface area (Å²) in [6.45, 7) is 4.31. The minimum atomic E-state index is -3.21. The summed E-state index contributed by atoms with van der Waals surface area (Å²) in [7, 11) is -3.21. The number of fused-ring (bicyclic) bond motifs is 1. The molecule has 2 aromatic heterocycles. The van der Waals surface area contributed by atoms with E-state index in [4.69, 9.17) is 0 Å². The zero-order valence-corrected chi connectivity index (χ0v) is 15.8. The van der Waals surface area contributed by atoms with Crippen molar-refractivity contribution >= 4 is 21.6 Å². The molecular formula is C16H23N5O4S. The van der Waals surface area contributed by atoms with Crippen molar-refractivity contribution in [2.24, 2.45) is 5.92 Å². The molecule has 1 atom stereocenters. The van der Waals surface area contributed by atoms with Gasteiger partial charge in [0.25, 0.3) is 5.56 Å². The third-order valence-corrected chi connectivity index (χ3v) is 6.00. The van der Waals surface area contributed by atoms with Crippen LogP contribution in [0.15, 0.2) is 16.9 Å². The number of hydrogen-bond donors (Lipinski definition) is 2. The molecule has 2 aromatic rings. The van der Waals surface area contributed by atoms with Crippen LogP contribution in [0.2, 0.25) is 0 Å². The maximum atomic E-state index is 12.5. The molecule has 0 aromatic carbocycles. The molecule has 1 saturated heterocycles. The van der Waals surface area contributed by atoms with Crippen LogP contribution in [0.3, 0.4) is 0 Å². The topological polar surface area (TPSA) is 117 Å². The van der Waals surface area contributed by atoms with Crippen molar-refractivity contribution in [3.05, 3.63) is 33.9 Å². The second-order valence-corrected chi connectivity index (χ2v) is 8.80. The summed E-state index contributed by atoms with van der Waals surface area (Å²) in [6.07, 6.45) is 2.15. The van der Waals surface area contributed by atoms with Gasteiger partial charge in [0.05, 0.1) is 18.0 Å². The number of nitrogens with one attached hydrogen (secondary N) is 2. The maximum Gasteiger partial charge on any atom is 0.272 e. The summed E-state index contributed by atoms with van der Waals surface area (Å²) >= 11 is 0. The highest BCUT2D eigenvalue weighted by Crippen LogP contribution is 2.20. The van der Waals surface area contributed by atoms with Crippen molar-refractivity contribution in [3.8, 4) is 0 Å². The Morgan fingerprint density at radius 2 is 2.00 bits per heavy atom. The van der Waals surface area contributed by atoms with Gasteiger partial charge in [-0.25, -0.2) is 22.2 Å². The van der Waals surface area contributed by atoms with Gasteiger partial charge in [0.2, 0.25) is 15.9 Å². The number of nitrogens with zero attached hydrogens (tertiary/aromatic N) is 3. The van der Waals surface area contributed by atoms with Crippen molar-refractivity contribution in [2.75, 3.05) is 19.3 Å². The minimum Gasteiger partial charge on any atom is -0.348 e. The summed E-state index contributed by atoms with van der Waals surface area (Å²) in [4.78, 5) is 29.1. The predicted molar refractivity (Wildman–Crippen MR) is 96.2 cm³/mol. The van der Waals surface area contributed by atoms with Gasteiger partial charge < -0.3 is 5.32 Å². The van der Waals surface area contributed by atoms with E-state index in [0.29, 0.717) is 37.3 Å². The van der Waals surface area contributed by atoms with E-state index >= 15 is 0 Å². The molecule has 0 spiro atoms. The molecule has 26 heavy (non-hydrogen) atoms. The first-order valence-electron chi connectivity index (χ1n) is 8.50. The molecule has 9 nitrogen and oxygen atoms in total. The molecule has 1 aliphatic heterocycles. The Morgan fingerprint density at radius 1 is 1.35 bits per heavy atom. The molecule has 0 saturated carbocycles. The van der Waals surface area contributed by atoms with Crippen molar-refractivity contribution in [3.63, 3.8) is 0 Å². The monoisotopic (exact) mass is 381 g/mol. The fraction of sp³-hybridized carbons (Fsp3) is 0.562. The van der Waals surface area contributed by atoms with Crippen LogP contribution in [0.1, 0.15) is 37.2 Å².